The van der Waals surface area contributed by atoms with Crippen molar-refractivity contribution in [3.8, 4) is 0 Å². The lowest BCUT2D eigenvalue weighted by Crippen LogP contribution is -2.54. The van der Waals surface area contributed by atoms with Crippen molar-refractivity contribution in [1.82, 2.24) is 20.0 Å². The fourth-order valence-electron chi connectivity index (χ4n) is 13.5. The highest BCUT2D eigenvalue weighted by Crippen LogP contribution is 2.25. The molecule has 0 aromatic carbocycles. The van der Waals surface area contributed by atoms with E-state index in [1.54, 1.807) is 0 Å². The lowest BCUT2D eigenvalue weighted by molar-refractivity contribution is -0.168. The van der Waals surface area contributed by atoms with Gasteiger partial charge in [-0.1, -0.05) is 329 Å². The van der Waals surface area contributed by atoms with Crippen molar-refractivity contribution >= 4 is 59.6 Å². The van der Waals surface area contributed by atoms with Gasteiger partial charge in [0.15, 0.2) is 5.41 Å². The lowest BCUT2D eigenvalue weighted by Gasteiger charge is -2.34. The van der Waals surface area contributed by atoms with Crippen LogP contribution in [0.3, 0.4) is 0 Å². The van der Waals surface area contributed by atoms with Gasteiger partial charge in [-0.3, -0.25) is 62.6 Å². The van der Waals surface area contributed by atoms with Crippen molar-refractivity contribution in [2.75, 3.05) is 78.9 Å². The fraction of sp³-hybridized carbons (Fsp3) is 0.881. The zero-order valence-electron chi connectivity index (χ0n) is 67.7. The Morgan fingerprint density at radius 1 is 0.299 bits per heavy atom. The fourth-order valence-corrected chi connectivity index (χ4v) is 13.5. The molecule has 0 bridgehead atoms. The van der Waals surface area contributed by atoms with Crippen molar-refractivity contribution in [2.45, 2.75) is 393 Å². The molecule has 23 heteroatoms. The number of aliphatic carboxylic acids is 5. The molecule has 0 radical (unpaired) electrons. The van der Waals surface area contributed by atoms with E-state index < -0.39 is 111 Å². The van der Waals surface area contributed by atoms with Crippen LogP contribution >= 0.6 is 0 Å². The van der Waals surface area contributed by atoms with Gasteiger partial charge in [0.05, 0.1) is 32.8 Å². The Balaban J connectivity index is 5.48. The number of hydrogen-bond donors (Lipinski definition) is 6. The highest BCUT2D eigenvalue weighted by atomic mass is 16.6. The number of esters is 4. The summed E-state index contributed by atoms with van der Waals surface area (Å²) in [7, 11) is 0. The summed E-state index contributed by atoms with van der Waals surface area (Å²) in [5.74, 6) is -9.35. The smallest absolute Gasteiger partial charge is 0.324 e. The van der Waals surface area contributed by atoms with Gasteiger partial charge in [-0.25, -0.2) is 0 Å². The first-order chi connectivity index (χ1) is 51.8. The zero-order valence-corrected chi connectivity index (χ0v) is 67.7. The normalized spacial score (nSPS) is 11.9. The number of hydrogen-bond acceptors (Lipinski definition) is 17. The van der Waals surface area contributed by atoms with E-state index in [-0.39, 0.29) is 58.6 Å². The number of carbonyl (C=O) groups is 10. The molecule has 0 saturated heterocycles. The molecular weight excluding hydrogens is 1370 g/mol. The summed E-state index contributed by atoms with van der Waals surface area (Å²) < 4.78 is 23.1. The maximum absolute atomic E-state index is 14.6. The molecule has 107 heavy (non-hydrogen) atoms. The molecule has 23 nitrogen and oxygen atoms in total. The van der Waals surface area contributed by atoms with Crippen LogP contribution in [-0.2, 0) is 66.9 Å². The Labute approximate surface area is 646 Å². The number of ether oxygens (including phenoxy) is 4. The number of unbranched alkanes of at least 4 members (excludes halogenated alkanes) is 49. The van der Waals surface area contributed by atoms with E-state index in [0.29, 0.717) is 38.6 Å². The van der Waals surface area contributed by atoms with Gasteiger partial charge in [-0.2, -0.15) is 0 Å². The topological polar surface area (TPSA) is 331 Å². The molecule has 0 aliphatic rings. The molecule has 624 valence electrons. The van der Waals surface area contributed by atoms with Gasteiger partial charge in [0.25, 0.3) is 0 Å². The van der Waals surface area contributed by atoms with Gasteiger partial charge >= 0.3 is 53.7 Å². The van der Waals surface area contributed by atoms with Gasteiger partial charge in [0.1, 0.15) is 32.5 Å². The highest BCUT2D eigenvalue weighted by molar-refractivity contribution is 5.84. The highest BCUT2D eigenvalue weighted by Gasteiger charge is 2.43. The zero-order chi connectivity index (χ0) is 78.9. The first-order valence-electron chi connectivity index (χ1n) is 43.0. The standard InChI is InChI=1S/C84H154N4O19/c1-4-7-10-13-16-19-22-27-32-38-43-48-53-58-79(98)105-69-84(70-106-80(99)59-54-49-44-39-33-28-23-20-17-14-11-8-5-2,71-107-81(100)60-55-50-45-40-34-29-24-21-18-15-12-9-6-3)83(103)85-61-56-51-46-41-36-31-26-25-30-35-37-42-47-52-57-78(97)104-68-73(82(101)102)88(72-87(66-76(93)94)67-77(95)96)63-62-86(64-74(89)90)65-75(91)92/h73H,4-72H2,1-3H3,(H,85,103)(H,89,90)(H,91,92)(H,93,94)(H,95,96)(H,101,102). The van der Waals surface area contributed by atoms with Crippen LogP contribution in [0, 0.1) is 5.41 Å². The molecule has 0 rings (SSSR count). The van der Waals surface area contributed by atoms with Gasteiger partial charge in [0, 0.05) is 45.3 Å². The van der Waals surface area contributed by atoms with E-state index in [4.69, 9.17) is 18.9 Å². The maximum atomic E-state index is 14.6. The van der Waals surface area contributed by atoms with Gasteiger partial charge in [-0.15, -0.1) is 0 Å². The largest absolute Gasteiger partial charge is 0.480 e. The minimum absolute atomic E-state index is 0.0194. The summed E-state index contributed by atoms with van der Waals surface area (Å²) >= 11 is 0. The molecule has 0 heterocycles. The number of carboxylic acid groups (broad SMARTS) is 5. The van der Waals surface area contributed by atoms with Crippen molar-refractivity contribution in [3.05, 3.63) is 0 Å². The molecular formula is C84H154N4O19. The van der Waals surface area contributed by atoms with Gasteiger partial charge in [0.2, 0.25) is 5.91 Å². The molecule has 0 aliphatic carbocycles. The van der Waals surface area contributed by atoms with E-state index in [1.165, 1.54) is 173 Å². The summed E-state index contributed by atoms with van der Waals surface area (Å²) in [6.45, 7) is 1.17. The molecule has 0 aliphatic heterocycles. The molecule has 0 aromatic rings. The summed E-state index contributed by atoms with van der Waals surface area (Å²) in [5.41, 5.74) is -1.62. The first kappa shape index (κ1) is 102. The van der Waals surface area contributed by atoms with E-state index >= 15 is 0 Å². The van der Waals surface area contributed by atoms with Crippen LogP contribution in [0.4, 0.5) is 0 Å². The number of nitrogens with one attached hydrogen (secondary N) is 1. The lowest BCUT2D eigenvalue weighted by atomic mass is 9.89. The van der Waals surface area contributed by atoms with E-state index in [1.807, 2.05) is 0 Å². The molecule has 0 aromatic heterocycles. The molecule has 6 N–H and O–H groups in total. The van der Waals surface area contributed by atoms with Crippen LogP contribution in [0.15, 0.2) is 0 Å². The number of nitrogens with zero attached hydrogens (tertiary/aromatic N) is 3. The summed E-state index contributed by atoms with van der Waals surface area (Å²) in [6, 6.07) is -1.60. The summed E-state index contributed by atoms with van der Waals surface area (Å²) in [5, 5.41) is 50.5. The second-order valence-electron chi connectivity index (χ2n) is 30.5. The van der Waals surface area contributed by atoms with Crippen LogP contribution in [0.2, 0.25) is 0 Å². The van der Waals surface area contributed by atoms with Crippen molar-refractivity contribution in [1.29, 1.82) is 0 Å². The summed E-state index contributed by atoms with van der Waals surface area (Å²) in [6.07, 6.45) is 60.0. The van der Waals surface area contributed by atoms with Crippen LogP contribution in [0.5, 0.6) is 0 Å². The van der Waals surface area contributed by atoms with E-state index in [9.17, 15) is 73.5 Å². The second-order valence-corrected chi connectivity index (χ2v) is 30.5. The molecule has 0 fully saturated rings. The predicted octanol–water partition coefficient (Wildman–Crippen LogP) is 18.2. The third-order valence-corrected chi connectivity index (χ3v) is 20.2. The maximum Gasteiger partial charge on any atom is 0.324 e. The van der Waals surface area contributed by atoms with Gasteiger partial charge in [-0.05, 0) is 32.1 Å². The van der Waals surface area contributed by atoms with Gasteiger partial charge < -0.3 is 49.8 Å². The van der Waals surface area contributed by atoms with Crippen molar-refractivity contribution in [2.24, 2.45) is 5.41 Å². The molecule has 1 atom stereocenters. The average Bonchev–Trinajstić information content (AvgIpc) is 0.825. The van der Waals surface area contributed by atoms with Crippen LogP contribution < -0.4 is 5.32 Å². The Kier molecular flexibility index (Phi) is 69.7. The van der Waals surface area contributed by atoms with E-state index in [2.05, 4.69) is 26.1 Å². The number of rotatable bonds is 83. The van der Waals surface area contributed by atoms with Crippen LogP contribution in [0.1, 0.15) is 387 Å². The minimum atomic E-state index is -1.62. The SMILES string of the molecule is CCCCCCCCCCCCCCCC(=O)OCC(COC(=O)CCCCCCCCCCCCCCC)(COC(=O)CCCCCCCCCCCCCCC)C(=O)NCCCCCCCCCCCCCCCCC(=O)OCC(C(=O)O)N(CCN(CC(=O)O)CC(=O)O)CN(CC(=O)O)CC(=O)O. The number of carbonyl (C=O) groups excluding carboxylic acids is 5. The van der Waals surface area contributed by atoms with E-state index in [0.717, 1.165) is 150 Å². The molecule has 1 amide bonds. The molecule has 0 spiro atoms. The number of carboxylic acids is 5. The molecule has 1 unspecified atom stereocenters. The Morgan fingerprint density at radius 3 is 0.785 bits per heavy atom. The van der Waals surface area contributed by atoms with Crippen molar-refractivity contribution in [3.63, 3.8) is 0 Å². The number of amides is 1. The monoisotopic (exact) mass is 1520 g/mol. The first-order valence-corrected chi connectivity index (χ1v) is 43.0. The van der Waals surface area contributed by atoms with Crippen LogP contribution in [-0.4, -0.2) is 185 Å². The third-order valence-electron chi connectivity index (χ3n) is 20.2. The quantitative estimate of drug-likeness (QED) is 0.0143. The Bertz CT molecular complexity index is 2110. The Morgan fingerprint density at radius 2 is 0.533 bits per heavy atom. The third kappa shape index (κ3) is 66.1. The summed E-state index contributed by atoms with van der Waals surface area (Å²) in [4.78, 5) is 129. The molecule has 0 saturated carbocycles. The van der Waals surface area contributed by atoms with Crippen molar-refractivity contribution < 1.29 is 92.4 Å². The minimum Gasteiger partial charge on any atom is -0.480 e. The Hall–Kier alpha value is -5.42. The predicted molar refractivity (Wildman–Crippen MR) is 421 cm³/mol. The van der Waals surface area contributed by atoms with Crippen LogP contribution in [0.25, 0.3) is 0 Å². The average molecular weight is 1520 g/mol. The second kappa shape index (κ2) is 73.4.